The van der Waals surface area contributed by atoms with E-state index in [9.17, 15) is 10.1 Å². The molecule has 0 saturated carbocycles. The van der Waals surface area contributed by atoms with Crippen LogP contribution in [-0.2, 0) is 11.2 Å². The number of nitriles is 1. The van der Waals surface area contributed by atoms with E-state index >= 15 is 0 Å². The van der Waals surface area contributed by atoms with Gasteiger partial charge in [0.15, 0.2) is 0 Å². The van der Waals surface area contributed by atoms with Gasteiger partial charge in [0.05, 0.1) is 29.2 Å². The predicted octanol–water partition coefficient (Wildman–Crippen LogP) is 4.78. The molecule has 1 saturated heterocycles. The van der Waals surface area contributed by atoms with Gasteiger partial charge in [-0.2, -0.15) is 5.26 Å². The van der Waals surface area contributed by atoms with E-state index in [0.717, 1.165) is 39.7 Å². The van der Waals surface area contributed by atoms with Gasteiger partial charge in [-0.25, -0.2) is 0 Å². The average Bonchev–Trinajstić information content (AvgIpc) is 2.74. The van der Waals surface area contributed by atoms with E-state index in [1.54, 1.807) is 16.7 Å². The van der Waals surface area contributed by atoms with Crippen LogP contribution in [0.4, 0.5) is 5.69 Å². The molecule has 1 atom stereocenters. The molecular formula is C23H23N3OS. The number of hydrogen-bond donors (Lipinski definition) is 0. The van der Waals surface area contributed by atoms with Gasteiger partial charge in [-0.1, -0.05) is 55.1 Å². The van der Waals surface area contributed by atoms with Crippen LogP contribution < -0.4 is 4.90 Å². The maximum absolute atomic E-state index is 13.0. The van der Waals surface area contributed by atoms with E-state index in [4.69, 9.17) is 0 Å². The van der Waals surface area contributed by atoms with Gasteiger partial charge in [0.2, 0.25) is 5.91 Å². The molecule has 2 heterocycles. The minimum Gasteiger partial charge on any atom is -0.344 e. The Hall–Kier alpha value is -2.71. The summed E-state index contributed by atoms with van der Waals surface area (Å²) in [7, 11) is 0. The van der Waals surface area contributed by atoms with Crippen LogP contribution in [-0.4, -0.2) is 23.4 Å². The summed E-state index contributed by atoms with van der Waals surface area (Å²) in [6.07, 6.45) is 1.36. The number of carbonyl (C=O) groups excluding carboxylic acids is 1. The van der Waals surface area contributed by atoms with Crippen molar-refractivity contribution in [3.8, 4) is 6.07 Å². The fourth-order valence-electron chi connectivity index (χ4n) is 3.91. The number of fused-ring (bicyclic) bond motifs is 1. The van der Waals surface area contributed by atoms with Gasteiger partial charge in [-0.15, -0.1) is 0 Å². The van der Waals surface area contributed by atoms with Crippen LogP contribution >= 0.6 is 11.8 Å². The monoisotopic (exact) mass is 389 g/mol. The third-order valence-corrected chi connectivity index (χ3v) is 6.72. The molecule has 0 unspecified atom stereocenters. The Morgan fingerprint density at radius 2 is 1.93 bits per heavy atom. The molecule has 5 heteroatoms. The van der Waals surface area contributed by atoms with Gasteiger partial charge in [-0.3, -0.25) is 9.69 Å². The minimum atomic E-state index is -0.146. The highest BCUT2D eigenvalue weighted by Gasteiger charge is 2.38. The number of rotatable bonds is 3. The summed E-state index contributed by atoms with van der Waals surface area (Å²) in [4.78, 5) is 17.0. The van der Waals surface area contributed by atoms with Gasteiger partial charge < -0.3 is 4.90 Å². The van der Waals surface area contributed by atoms with Crippen molar-refractivity contribution in [2.75, 3.05) is 17.4 Å². The summed E-state index contributed by atoms with van der Waals surface area (Å²) in [5.41, 5.74) is 5.34. The highest BCUT2D eigenvalue weighted by atomic mass is 32.2. The number of allylic oxidation sites excluding steroid dienone is 1. The van der Waals surface area contributed by atoms with Gasteiger partial charge >= 0.3 is 0 Å². The van der Waals surface area contributed by atoms with Crippen LogP contribution in [0.15, 0.2) is 59.1 Å². The first-order chi connectivity index (χ1) is 13.6. The van der Waals surface area contributed by atoms with E-state index in [0.29, 0.717) is 13.1 Å². The van der Waals surface area contributed by atoms with Gasteiger partial charge in [0.25, 0.3) is 0 Å². The van der Waals surface area contributed by atoms with Crippen LogP contribution in [0.25, 0.3) is 0 Å². The fourth-order valence-corrected chi connectivity index (χ4v) is 5.08. The second kappa shape index (κ2) is 7.73. The zero-order chi connectivity index (χ0) is 19.7. The Morgan fingerprint density at radius 3 is 2.61 bits per heavy atom. The number of anilines is 1. The Morgan fingerprint density at radius 1 is 1.18 bits per heavy atom. The molecule has 2 aromatic carbocycles. The first-order valence-electron chi connectivity index (χ1n) is 9.59. The lowest BCUT2D eigenvalue weighted by molar-refractivity contribution is -0.129. The van der Waals surface area contributed by atoms with Crippen LogP contribution in [0.3, 0.4) is 0 Å². The summed E-state index contributed by atoms with van der Waals surface area (Å²) in [6, 6.07) is 19.0. The van der Waals surface area contributed by atoms with E-state index in [-0.39, 0.29) is 11.8 Å². The lowest BCUT2D eigenvalue weighted by Gasteiger charge is -2.42. The average molecular weight is 390 g/mol. The second-order valence-electron chi connectivity index (χ2n) is 7.24. The largest absolute Gasteiger partial charge is 0.344 e. The van der Waals surface area contributed by atoms with Crippen molar-refractivity contribution in [2.45, 2.75) is 32.6 Å². The molecule has 4 nitrogen and oxygen atoms in total. The van der Waals surface area contributed by atoms with E-state index in [2.05, 4.69) is 42.2 Å². The molecular weight excluding hydrogens is 366 g/mol. The number of benzene rings is 2. The minimum absolute atomic E-state index is 0.0876. The molecule has 2 aromatic rings. The number of aryl methyl sites for hydroxylation is 2. The number of hydrogen-bond acceptors (Lipinski definition) is 4. The molecule has 0 radical (unpaired) electrons. The molecule has 0 bridgehead atoms. The Balaban J connectivity index is 1.65. The van der Waals surface area contributed by atoms with Gasteiger partial charge in [0, 0.05) is 18.0 Å². The fraction of sp³-hybridized carbons (Fsp3) is 0.304. The lowest BCUT2D eigenvalue weighted by atomic mass is 9.84. The van der Waals surface area contributed by atoms with Crippen LogP contribution in [0.2, 0.25) is 0 Å². The van der Waals surface area contributed by atoms with Crippen LogP contribution in [0.5, 0.6) is 0 Å². The van der Waals surface area contributed by atoms with E-state index < -0.39 is 0 Å². The summed E-state index contributed by atoms with van der Waals surface area (Å²) < 4.78 is 0. The first kappa shape index (κ1) is 18.6. The summed E-state index contributed by atoms with van der Waals surface area (Å²) >= 11 is 1.59. The Bertz CT molecular complexity index is 974. The summed E-state index contributed by atoms with van der Waals surface area (Å²) in [5, 5.41) is 10.7. The summed E-state index contributed by atoms with van der Waals surface area (Å²) in [5.74, 6) is 0.674. The molecule has 4 rings (SSSR count). The first-order valence-corrected chi connectivity index (χ1v) is 10.6. The van der Waals surface area contributed by atoms with Crippen molar-refractivity contribution in [1.29, 1.82) is 5.26 Å². The van der Waals surface area contributed by atoms with Gasteiger partial charge in [0.1, 0.15) is 0 Å². The second-order valence-corrected chi connectivity index (χ2v) is 8.17. The van der Waals surface area contributed by atoms with Crippen LogP contribution in [0, 0.1) is 18.3 Å². The van der Waals surface area contributed by atoms with E-state index in [1.807, 2.05) is 31.2 Å². The molecule has 28 heavy (non-hydrogen) atoms. The molecule has 0 aliphatic carbocycles. The van der Waals surface area contributed by atoms with Gasteiger partial charge in [-0.05, 0) is 42.2 Å². The van der Waals surface area contributed by atoms with Crippen molar-refractivity contribution in [3.63, 3.8) is 0 Å². The maximum atomic E-state index is 13.0. The number of carbonyl (C=O) groups is 1. The standard InChI is InChI=1S/C23H23N3OS/c1-3-17-8-10-18(11-9-17)25-14-26-22(27)12-20(19-7-5-4-6-16(19)2)21(13-24)23(26)28-15-25/h4-11,20H,3,12,14-15H2,1-2H3/t20-/m1/s1. The number of thioether (sulfide) groups is 1. The van der Waals surface area contributed by atoms with Crippen molar-refractivity contribution < 1.29 is 4.79 Å². The molecule has 1 amide bonds. The maximum Gasteiger partial charge on any atom is 0.229 e. The SMILES string of the molecule is CCc1ccc(N2CSC3=C(C#N)[C@@H](c4ccccc4C)CC(=O)N3C2)cc1. The van der Waals surface area contributed by atoms with Crippen molar-refractivity contribution >= 4 is 23.4 Å². The molecule has 2 aliphatic heterocycles. The normalized spacial score (nSPS) is 19.5. The topological polar surface area (TPSA) is 47.3 Å². The zero-order valence-electron chi connectivity index (χ0n) is 16.2. The predicted molar refractivity (Wildman–Crippen MR) is 114 cm³/mol. The molecule has 142 valence electrons. The molecule has 0 spiro atoms. The number of amides is 1. The van der Waals surface area contributed by atoms with Crippen molar-refractivity contribution in [2.24, 2.45) is 0 Å². The molecule has 2 aliphatic rings. The van der Waals surface area contributed by atoms with Crippen LogP contribution in [0.1, 0.15) is 36.0 Å². The molecule has 0 aromatic heterocycles. The summed E-state index contributed by atoms with van der Waals surface area (Å²) in [6.45, 7) is 4.68. The third-order valence-electron chi connectivity index (χ3n) is 5.57. The molecule has 1 fully saturated rings. The number of nitrogens with zero attached hydrogens (tertiary/aromatic N) is 3. The van der Waals surface area contributed by atoms with Crippen molar-refractivity contribution in [3.05, 3.63) is 75.8 Å². The Labute approximate surface area is 170 Å². The highest BCUT2D eigenvalue weighted by molar-refractivity contribution is 8.03. The Kier molecular flexibility index (Phi) is 5.15. The van der Waals surface area contributed by atoms with Crippen molar-refractivity contribution in [1.82, 2.24) is 4.90 Å². The van der Waals surface area contributed by atoms with E-state index in [1.165, 1.54) is 5.56 Å². The third kappa shape index (κ3) is 3.29. The highest BCUT2D eigenvalue weighted by Crippen LogP contribution is 2.43. The quantitative estimate of drug-likeness (QED) is 0.758. The lowest BCUT2D eigenvalue weighted by Crippen LogP contribution is -2.47. The smallest absolute Gasteiger partial charge is 0.229 e. The molecule has 0 N–H and O–H groups in total. The zero-order valence-corrected chi connectivity index (χ0v) is 17.0.